The van der Waals surface area contributed by atoms with Gasteiger partial charge in [0.25, 0.3) is 5.56 Å². The zero-order valence-electron chi connectivity index (χ0n) is 15.6. The van der Waals surface area contributed by atoms with E-state index < -0.39 is 0 Å². The molecule has 1 fully saturated rings. The largest absolute Gasteiger partial charge is 0.492 e. The smallest absolute Gasteiger partial charge is 0.251 e. The van der Waals surface area contributed by atoms with Crippen molar-refractivity contribution >= 4 is 21.8 Å². The van der Waals surface area contributed by atoms with Gasteiger partial charge in [0.15, 0.2) is 0 Å². The maximum absolute atomic E-state index is 12.1. The Labute approximate surface area is 172 Å². The third-order valence-electron chi connectivity index (χ3n) is 4.43. The Morgan fingerprint density at radius 2 is 2.04 bits per heavy atom. The van der Waals surface area contributed by atoms with Gasteiger partial charge in [-0.25, -0.2) is 0 Å². The number of pyridine rings is 1. The molecule has 7 nitrogen and oxygen atoms in total. The number of ether oxygens (including phenoxy) is 2. The van der Waals surface area contributed by atoms with Crippen LogP contribution in [0.3, 0.4) is 0 Å². The van der Waals surface area contributed by atoms with Gasteiger partial charge < -0.3 is 19.4 Å². The Morgan fingerprint density at radius 3 is 2.86 bits per heavy atom. The second-order valence-electron chi connectivity index (χ2n) is 6.54. The average Bonchev–Trinajstić information content (AvgIpc) is 2.70. The summed E-state index contributed by atoms with van der Waals surface area (Å²) in [5.41, 5.74) is 0.729. The van der Waals surface area contributed by atoms with Gasteiger partial charge in [-0.15, -0.1) is 0 Å². The molecule has 0 atom stereocenters. The third kappa shape index (κ3) is 6.47. The van der Waals surface area contributed by atoms with Crippen molar-refractivity contribution in [2.45, 2.75) is 13.1 Å². The quantitative estimate of drug-likeness (QED) is 0.662. The highest BCUT2D eigenvalue weighted by molar-refractivity contribution is 9.10. The first-order chi connectivity index (χ1) is 13.6. The number of nitrogens with zero attached hydrogens (tertiary/aromatic N) is 2. The second kappa shape index (κ2) is 10.4. The minimum Gasteiger partial charge on any atom is -0.492 e. The van der Waals surface area contributed by atoms with Crippen LogP contribution in [0.5, 0.6) is 5.75 Å². The van der Waals surface area contributed by atoms with Crippen LogP contribution in [0.15, 0.2) is 51.9 Å². The van der Waals surface area contributed by atoms with Crippen molar-refractivity contribution in [1.82, 2.24) is 14.8 Å². The molecule has 1 aliphatic rings. The van der Waals surface area contributed by atoms with Crippen LogP contribution in [-0.4, -0.2) is 54.8 Å². The molecule has 0 bridgehead atoms. The number of nitrogens with one attached hydrogen (secondary N) is 1. The number of hydrogen-bond acceptors (Lipinski definition) is 5. The summed E-state index contributed by atoms with van der Waals surface area (Å²) in [5, 5.41) is 2.84. The van der Waals surface area contributed by atoms with E-state index >= 15 is 0 Å². The van der Waals surface area contributed by atoms with Crippen LogP contribution in [0.1, 0.15) is 5.56 Å². The third-order valence-corrected chi connectivity index (χ3v) is 4.90. The van der Waals surface area contributed by atoms with E-state index in [1.165, 1.54) is 10.6 Å². The number of carbonyl (C=O) groups excluding carboxylic acids is 1. The van der Waals surface area contributed by atoms with Crippen molar-refractivity contribution < 1.29 is 14.3 Å². The van der Waals surface area contributed by atoms with Crippen molar-refractivity contribution in [1.29, 1.82) is 0 Å². The second-order valence-corrected chi connectivity index (χ2v) is 7.46. The molecule has 0 unspecified atom stereocenters. The molecule has 1 aliphatic heterocycles. The zero-order chi connectivity index (χ0) is 19.8. The predicted octanol–water partition coefficient (Wildman–Crippen LogP) is 1.64. The standard InChI is InChI=1S/C20H24BrN3O4/c21-17-4-5-20(26)24(14-17)15-19(25)22-13-16-2-1-3-18(12-16)28-11-8-23-6-9-27-10-7-23/h1-5,12,14H,6-11,13,15H2,(H,22,25). The molecular weight excluding hydrogens is 426 g/mol. The van der Waals surface area contributed by atoms with E-state index in [1.807, 2.05) is 24.3 Å². The lowest BCUT2D eigenvalue weighted by Crippen LogP contribution is -2.38. The lowest BCUT2D eigenvalue weighted by Gasteiger charge is -2.26. The molecule has 0 radical (unpaired) electrons. The first-order valence-corrected chi connectivity index (χ1v) is 10.0. The number of halogens is 1. The normalized spacial score (nSPS) is 14.6. The SMILES string of the molecule is O=C(Cn1cc(Br)ccc1=O)NCc1cccc(OCCN2CCOCC2)c1. The molecule has 3 rings (SSSR count). The molecule has 1 saturated heterocycles. The summed E-state index contributed by atoms with van der Waals surface area (Å²) in [6.45, 7) is 5.28. The van der Waals surface area contributed by atoms with Crippen LogP contribution in [0.4, 0.5) is 0 Å². The molecule has 28 heavy (non-hydrogen) atoms. The highest BCUT2D eigenvalue weighted by Crippen LogP contribution is 2.13. The molecule has 8 heteroatoms. The fourth-order valence-electron chi connectivity index (χ4n) is 2.90. The van der Waals surface area contributed by atoms with Crippen molar-refractivity contribution in [3.63, 3.8) is 0 Å². The van der Waals surface area contributed by atoms with E-state index in [-0.39, 0.29) is 18.0 Å². The molecule has 0 aliphatic carbocycles. The van der Waals surface area contributed by atoms with Gasteiger partial charge in [0.2, 0.25) is 5.91 Å². The highest BCUT2D eigenvalue weighted by Gasteiger charge is 2.10. The van der Waals surface area contributed by atoms with E-state index in [9.17, 15) is 9.59 Å². The number of aromatic nitrogens is 1. The highest BCUT2D eigenvalue weighted by atomic mass is 79.9. The van der Waals surface area contributed by atoms with Gasteiger partial charge in [0.05, 0.1) is 13.2 Å². The molecule has 1 N–H and O–H groups in total. The number of morpholine rings is 1. The molecule has 1 aromatic heterocycles. The summed E-state index contributed by atoms with van der Waals surface area (Å²) in [4.78, 5) is 26.2. The lowest BCUT2D eigenvalue weighted by atomic mass is 10.2. The summed E-state index contributed by atoms with van der Waals surface area (Å²) < 4.78 is 13.3. The summed E-state index contributed by atoms with van der Waals surface area (Å²) in [7, 11) is 0. The molecule has 1 amide bonds. The topological polar surface area (TPSA) is 72.8 Å². The summed E-state index contributed by atoms with van der Waals surface area (Å²) in [6.07, 6.45) is 1.60. The fourth-order valence-corrected chi connectivity index (χ4v) is 3.28. The van der Waals surface area contributed by atoms with Crippen LogP contribution in [0.2, 0.25) is 0 Å². The van der Waals surface area contributed by atoms with Crippen molar-refractivity contribution in [3.05, 3.63) is 63.0 Å². The Bertz CT molecular complexity index is 849. The maximum Gasteiger partial charge on any atom is 0.251 e. The monoisotopic (exact) mass is 449 g/mol. The van der Waals surface area contributed by atoms with Crippen LogP contribution >= 0.6 is 15.9 Å². The van der Waals surface area contributed by atoms with Gasteiger partial charge in [0, 0.05) is 42.9 Å². The number of carbonyl (C=O) groups is 1. The van der Waals surface area contributed by atoms with Gasteiger partial charge in [-0.3, -0.25) is 14.5 Å². The van der Waals surface area contributed by atoms with Crippen LogP contribution in [-0.2, 0) is 22.6 Å². The minimum absolute atomic E-state index is 0.0198. The summed E-state index contributed by atoms with van der Waals surface area (Å²) >= 11 is 3.30. The minimum atomic E-state index is -0.223. The molecular formula is C20H24BrN3O4. The van der Waals surface area contributed by atoms with E-state index in [4.69, 9.17) is 9.47 Å². The average molecular weight is 450 g/mol. The molecule has 0 spiro atoms. The van der Waals surface area contributed by atoms with E-state index in [0.717, 1.165) is 48.6 Å². The first kappa shape index (κ1) is 20.6. The number of benzene rings is 1. The summed E-state index contributed by atoms with van der Waals surface area (Å²) in [5.74, 6) is 0.557. The molecule has 1 aromatic carbocycles. The van der Waals surface area contributed by atoms with E-state index in [0.29, 0.717) is 13.2 Å². The molecule has 0 saturated carbocycles. The van der Waals surface area contributed by atoms with Gasteiger partial charge in [-0.1, -0.05) is 12.1 Å². The number of rotatable bonds is 8. The lowest BCUT2D eigenvalue weighted by molar-refractivity contribution is -0.121. The van der Waals surface area contributed by atoms with E-state index in [1.54, 1.807) is 12.3 Å². The Morgan fingerprint density at radius 1 is 1.21 bits per heavy atom. The van der Waals surface area contributed by atoms with Gasteiger partial charge in [-0.05, 0) is 39.7 Å². The number of hydrogen-bond donors (Lipinski definition) is 1. The fraction of sp³-hybridized carbons (Fsp3) is 0.400. The van der Waals surface area contributed by atoms with Crippen LogP contribution in [0.25, 0.3) is 0 Å². The van der Waals surface area contributed by atoms with Crippen molar-refractivity contribution in [2.24, 2.45) is 0 Å². The van der Waals surface area contributed by atoms with Crippen molar-refractivity contribution in [3.8, 4) is 5.75 Å². The predicted molar refractivity (Wildman–Crippen MR) is 109 cm³/mol. The Kier molecular flexibility index (Phi) is 7.64. The first-order valence-electron chi connectivity index (χ1n) is 9.25. The van der Waals surface area contributed by atoms with Gasteiger partial charge in [0.1, 0.15) is 18.9 Å². The zero-order valence-corrected chi connectivity index (χ0v) is 17.2. The van der Waals surface area contributed by atoms with Gasteiger partial charge in [-0.2, -0.15) is 0 Å². The Balaban J connectivity index is 1.45. The van der Waals surface area contributed by atoms with E-state index in [2.05, 4.69) is 26.1 Å². The van der Waals surface area contributed by atoms with Crippen LogP contribution < -0.4 is 15.6 Å². The molecule has 2 heterocycles. The van der Waals surface area contributed by atoms with Crippen LogP contribution in [0, 0.1) is 0 Å². The number of amides is 1. The Hall–Kier alpha value is -2.16. The van der Waals surface area contributed by atoms with Gasteiger partial charge >= 0.3 is 0 Å². The maximum atomic E-state index is 12.1. The molecule has 2 aromatic rings. The molecule has 150 valence electrons. The summed E-state index contributed by atoms with van der Waals surface area (Å²) in [6, 6.07) is 10.7. The van der Waals surface area contributed by atoms with Crippen molar-refractivity contribution in [2.75, 3.05) is 39.5 Å².